The van der Waals surface area contributed by atoms with Crippen molar-refractivity contribution in [2.75, 3.05) is 0 Å². The van der Waals surface area contributed by atoms with Crippen LogP contribution < -0.4 is 11.0 Å². The first-order valence-corrected chi connectivity index (χ1v) is 12.8. The lowest BCUT2D eigenvalue weighted by Crippen LogP contribution is -2.39. The van der Waals surface area contributed by atoms with Crippen LogP contribution in [0.25, 0.3) is 16.7 Å². The Morgan fingerprint density at radius 2 is 1.83 bits per heavy atom. The van der Waals surface area contributed by atoms with Gasteiger partial charge in [0.2, 0.25) is 0 Å². The van der Waals surface area contributed by atoms with Crippen LogP contribution in [0.4, 0.5) is 0 Å². The van der Waals surface area contributed by atoms with Gasteiger partial charge in [0, 0.05) is 24.5 Å². The van der Waals surface area contributed by atoms with Crippen molar-refractivity contribution in [2.24, 2.45) is 5.92 Å². The highest BCUT2D eigenvalue weighted by Gasteiger charge is 2.26. The van der Waals surface area contributed by atoms with Crippen LogP contribution >= 0.6 is 11.6 Å². The number of fused-ring (bicyclic) bond motifs is 1. The number of pyridine rings is 2. The fraction of sp³-hybridized carbons (Fsp3) is 0.357. The van der Waals surface area contributed by atoms with Gasteiger partial charge in [-0.05, 0) is 82.2 Å². The molecular formula is C28H30ClN5O2. The molecule has 1 fully saturated rings. The average molecular weight is 504 g/mol. The molecule has 0 unspecified atom stereocenters. The first kappa shape index (κ1) is 24.3. The molecule has 1 aliphatic rings. The normalized spacial score (nSPS) is 17.9. The largest absolute Gasteiger partial charge is 0.349 e. The Kier molecular flexibility index (Phi) is 6.67. The van der Waals surface area contributed by atoms with Gasteiger partial charge in [-0.15, -0.1) is 0 Å². The third-order valence-corrected chi connectivity index (χ3v) is 7.43. The number of para-hydroxylation sites is 1. The van der Waals surface area contributed by atoms with E-state index < -0.39 is 0 Å². The molecule has 36 heavy (non-hydrogen) atoms. The molecule has 1 amide bonds. The molecule has 3 aromatic heterocycles. The van der Waals surface area contributed by atoms with Gasteiger partial charge >= 0.3 is 5.69 Å². The van der Waals surface area contributed by atoms with Crippen molar-refractivity contribution in [3.8, 4) is 5.69 Å². The van der Waals surface area contributed by atoms with E-state index in [1.807, 2.05) is 55.7 Å². The molecule has 0 aliphatic heterocycles. The van der Waals surface area contributed by atoms with Crippen LogP contribution in [-0.2, 0) is 6.54 Å². The van der Waals surface area contributed by atoms with Crippen LogP contribution in [0.15, 0.2) is 53.6 Å². The molecule has 1 aromatic carbocycles. The number of carbonyl (C=O) groups is 1. The number of nitrogens with zero attached hydrogens (tertiary/aromatic N) is 4. The van der Waals surface area contributed by atoms with Crippen molar-refractivity contribution in [1.82, 2.24) is 24.4 Å². The first-order valence-electron chi connectivity index (χ1n) is 12.4. The number of hydrogen-bond donors (Lipinski definition) is 1. The number of rotatable bonds is 5. The van der Waals surface area contributed by atoms with Gasteiger partial charge in [0.25, 0.3) is 5.91 Å². The summed E-state index contributed by atoms with van der Waals surface area (Å²) in [5, 5.41) is 3.60. The highest BCUT2D eigenvalue weighted by molar-refractivity contribution is 6.30. The molecule has 0 radical (unpaired) electrons. The van der Waals surface area contributed by atoms with E-state index in [2.05, 4.69) is 15.3 Å². The number of aromatic nitrogens is 4. The smallest absolute Gasteiger partial charge is 0.333 e. The minimum absolute atomic E-state index is 0.0377. The van der Waals surface area contributed by atoms with Crippen LogP contribution in [-0.4, -0.2) is 31.1 Å². The topological polar surface area (TPSA) is 81.8 Å². The number of amides is 1. The predicted octanol–water partition coefficient (Wildman–Crippen LogP) is 5.15. The number of imidazole rings is 1. The Balaban J connectivity index is 1.33. The van der Waals surface area contributed by atoms with Gasteiger partial charge in [0.05, 0.1) is 39.2 Å². The predicted molar refractivity (Wildman–Crippen MR) is 142 cm³/mol. The van der Waals surface area contributed by atoms with E-state index in [-0.39, 0.29) is 17.6 Å². The molecule has 3 heterocycles. The van der Waals surface area contributed by atoms with E-state index in [1.54, 1.807) is 23.0 Å². The zero-order valence-electron chi connectivity index (χ0n) is 20.8. The molecule has 4 aromatic rings. The Bertz CT molecular complexity index is 1480. The third-order valence-electron chi connectivity index (χ3n) is 7.23. The lowest BCUT2D eigenvalue weighted by molar-refractivity contribution is 0.0919. The molecular weight excluding hydrogens is 474 g/mol. The van der Waals surface area contributed by atoms with Gasteiger partial charge in [0.1, 0.15) is 0 Å². The molecule has 0 bridgehead atoms. The number of halogens is 1. The number of aryl methyl sites for hydroxylation is 3. The van der Waals surface area contributed by atoms with Gasteiger partial charge in [-0.3, -0.25) is 23.9 Å². The lowest BCUT2D eigenvalue weighted by Gasteiger charge is -2.29. The van der Waals surface area contributed by atoms with E-state index in [1.165, 1.54) is 0 Å². The molecule has 1 aliphatic carbocycles. The summed E-state index contributed by atoms with van der Waals surface area (Å²) < 4.78 is 3.69. The molecule has 0 spiro atoms. The maximum Gasteiger partial charge on any atom is 0.333 e. The Morgan fingerprint density at radius 3 is 2.56 bits per heavy atom. The van der Waals surface area contributed by atoms with Crippen LogP contribution in [0.3, 0.4) is 0 Å². The summed E-state index contributed by atoms with van der Waals surface area (Å²) in [6.45, 7) is 6.44. The van der Waals surface area contributed by atoms with Gasteiger partial charge in [-0.25, -0.2) is 4.79 Å². The van der Waals surface area contributed by atoms with E-state index in [0.717, 1.165) is 53.7 Å². The van der Waals surface area contributed by atoms with Crippen molar-refractivity contribution < 1.29 is 4.79 Å². The maximum absolute atomic E-state index is 13.7. The van der Waals surface area contributed by atoms with Crippen molar-refractivity contribution in [3.63, 3.8) is 0 Å². The Labute approximate surface area is 215 Å². The Morgan fingerprint density at radius 1 is 1.06 bits per heavy atom. The van der Waals surface area contributed by atoms with Crippen molar-refractivity contribution in [3.05, 3.63) is 86.8 Å². The van der Waals surface area contributed by atoms with Gasteiger partial charge in [-0.1, -0.05) is 23.7 Å². The van der Waals surface area contributed by atoms with E-state index in [0.29, 0.717) is 28.7 Å². The zero-order chi connectivity index (χ0) is 25.4. The minimum Gasteiger partial charge on any atom is -0.349 e. The standard InChI is InChI=1S/C28H30ClN5O2/c1-17-5-4-6-25-26(17)34(23-12-7-18(2)30-15-23)28(36)33(25)16-20-8-10-22(11-9-20)32-27(35)24-13-21(29)14-31-19(24)3/h4-7,12-15,20,22H,8-11,16H2,1-3H3,(H,32,35). The first-order chi connectivity index (χ1) is 17.3. The van der Waals surface area contributed by atoms with E-state index in [4.69, 9.17) is 11.6 Å². The molecule has 7 nitrogen and oxygen atoms in total. The highest BCUT2D eigenvalue weighted by atomic mass is 35.5. The number of nitrogens with one attached hydrogen (secondary N) is 1. The number of carbonyl (C=O) groups excluding carboxylic acids is 1. The molecule has 0 atom stereocenters. The van der Waals surface area contributed by atoms with Gasteiger partial charge in [-0.2, -0.15) is 0 Å². The summed E-state index contributed by atoms with van der Waals surface area (Å²) in [5.74, 6) is 0.230. The molecule has 8 heteroatoms. The van der Waals surface area contributed by atoms with Crippen LogP contribution in [0.1, 0.15) is 53.0 Å². The summed E-state index contributed by atoms with van der Waals surface area (Å²) in [5.41, 5.74) is 5.77. The maximum atomic E-state index is 13.7. The summed E-state index contributed by atoms with van der Waals surface area (Å²) in [6, 6.07) is 11.7. The number of benzene rings is 1. The summed E-state index contributed by atoms with van der Waals surface area (Å²) in [6.07, 6.45) is 6.94. The molecule has 1 N–H and O–H groups in total. The lowest BCUT2D eigenvalue weighted by atomic mass is 9.85. The summed E-state index contributed by atoms with van der Waals surface area (Å²) >= 11 is 6.04. The third kappa shape index (κ3) is 4.67. The van der Waals surface area contributed by atoms with Crippen LogP contribution in [0, 0.1) is 26.7 Å². The van der Waals surface area contributed by atoms with Crippen molar-refractivity contribution in [1.29, 1.82) is 0 Å². The van der Waals surface area contributed by atoms with E-state index >= 15 is 0 Å². The summed E-state index contributed by atoms with van der Waals surface area (Å²) in [4.78, 5) is 35.0. The Hall–Kier alpha value is -3.45. The molecule has 5 rings (SSSR count). The fourth-order valence-electron chi connectivity index (χ4n) is 5.23. The fourth-order valence-corrected chi connectivity index (χ4v) is 5.39. The second-order valence-electron chi connectivity index (χ2n) is 9.81. The number of hydrogen-bond acceptors (Lipinski definition) is 4. The van der Waals surface area contributed by atoms with Crippen LogP contribution in [0.2, 0.25) is 5.02 Å². The van der Waals surface area contributed by atoms with Crippen molar-refractivity contribution in [2.45, 2.75) is 59.0 Å². The zero-order valence-corrected chi connectivity index (χ0v) is 21.5. The highest BCUT2D eigenvalue weighted by Crippen LogP contribution is 2.28. The average Bonchev–Trinajstić information content (AvgIpc) is 3.14. The minimum atomic E-state index is -0.132. The van der Waals surface area contributed by atoms with Gasteiger partial charge < -0.3 is 5.32 Å². The summed E-state index contributed by atoms with van der Waals surface area (Å²) in [7, 11) is 0. The molecule has 0 saturated heterocycles. The molecule has 186 valence electrons. The second kappa shape index (κ2) is 9.90. The van der Waals surface area contributed by atoms with Gasteiger partial charge in [0.15, 0.2) is 0 Å². The second-order valence-corrected chi connectivity index (χ2v) is 10.2. The van der Waals surface area contributed by atoms with E-state index in [9.17, 15) is 9.59 Å². The van der Waals surface area contributed by atoms with Crippen molar-refractivity contribution >= 4 is 28.5 Å². The van der Waals surface area contributed by atoms with Crippen LogP contribution in [0.5, 0.6) is 0 Å². The SMILES string of the molecule is Cc1ccc(-n2c(=O)n(CC3CCC(NC(=O)c4cc(Cl)cnc4C)CC3)c3cccc(C)c32)cn1. The monoisotopic (exact) mass is 503 g/mol. The quantitative estimate of drug-likeness (QED) is 0.408. The molecule has 1 saturated carbocycles.